The van der Waals surface area contributed by atoms with Gasteiger partial charge in [0.05, 0.1) is 13.0 Å². The highest BCUT2D eigenvalue weighted by atomic mass is 16.5. The second kappa shape index (κ2) is 14.5. The first-order valence-electron chi connectivity index (χ1n) is 7.77. The molecular weight excluding hydrogens is 224 g/mol. The molecule has 0 atom stereocenters. The molecule has 0 aliphatic heterocycles. The summed E-state index contributed by atoms with van der Waals surface area (Å²) in [5.74, 6) is -0.193. The van der Waals surface area contributed by atoms with E-state index < -0.39 is 0 Å². The minimum atomic E-state index is -0.193. The van der Waals surface area contributed by atoms with Crippen LogP contribution in [-0.4, -0.2) is 12.6 Å². The van der Waals surface area contributed by atoms with Crippen LogP contribution in [0.2, 0.25) is 0 Å². The van der Waals surface area contributed by atoms with Gasteiger partial charge in [-0.05, 0) is 6.42 Å². The lowest BCUT2D eigenvalue weighted by Gasteiger charge is -2.03. The molecule has 0 aromatic heterocycles. The zero-order valence-electron chi connectivity index (χ0n) is 12.4. The molecular formula is C16H31O2. The molecule has 0 spiro atoms. The van der Waals surface area contributed by atoms with E-state index in [1.165, 1.54) is 70.6 Å². The largest absolute Gasteiger partial charge is 0.465 e. The monoisotopic (exact) mass is 255 g/mol. The number of ether oxygens (including phenoxy) is 1. The van der Waals surface area contributed by atoms with Gasteiger partial charge >= 0.3 is 5.97 Å². The number of carbonyl (C=O) groups is 1. The number of carbonyl (C=O) groups excluding carboxylic acids is 1. The average molecular weight is 255 g/mol. The van der Waals surface area contributed by atoms with Crippen LogP contribution in [0.5, 0.6) is 0 Å². The predicted octanol–water partition coefficient (Wildman–Crippen LogP) is 5.06. The van der Waals surface area contributed by atoms with Crippen molar-refractivity contribution in [2.24, 2.45) is 0 Å². The van der Waals surface area contributed by atoms with Gasteiger partial charge in [0.25, 0.3) is 0 Å². The van der Waals surface area contributed by atoms with Crippen LogP contribution in [0.15, 0.2) is 0 Å². The van der Waals surface area contributed by atoms with Gasteiger partial charge in [-0.3, -0.25) is 4.79 Å². The fourth-order valence-corrected chi connectivity index (χ4v) is 2.02. The summed E-state index contributed by atoms with van der Waals surface area (Å²) in [4.78, 5) is 10.8. The van der Waals surface area contributed by atoms with Crippen LogP contribution in [0.1, 0.15) is 84.5 Å². The molecule has 2 nitrogen and oxygen atoms in total. The van der Waals surface area contributed by atoms with Gasteiger partial charge in [0, 0.05) is 0 Å². The maximum absolute atomic E-state index is 10.8. The van der Waals surface area contributed by atoms with Crippen molar-refractivity contribution in [1.29, 1.82) is 0 Å². The molecule has 0 N–H and O–H groups in total. The number of esters is 1. The van der Waals surface area contributed by atoms with Crippen molar-refractivity contribution >= 4 is 5.97 Å². The Balaban J connectivity index is 2.97. The Morgan fingerprint density at radius 3 is 1.72 bits per heavy atom. The molecule has 0 fully saturated rings. The zero-order chi connectivity index (χ0) is 13.5. The van der Waals surface area contributed by atoms with Crippen LogP contribution in [0.25, 0.3) is 0 Å². The Kier molecular flexibility index (Phi) is 14.1. The first-order chi connectivity index (χ1) is 8.81. The minimum Gasteiger partial charge on any atom is -0.465 e. The number of unbranched alkanes of at least 4 members (excludes halogenated alkanes) is 10. The van der Waals surface area contributed by atoms with E-state index in [0.717, 1.165) is 6.42 Å². The van der Waals surface area contributed by atoms with Gasteiger partial charge in [0.15, 0.2) is 0 Å². The molecule has 0 rings (SSSR count). The highest BCUT2D eigenvalue weighted by molar-refractivity contribution is 5.78. The molecule has 0 aromatic carbocycles. The molecule has 107 valence electrons. The van der Waals surface area contributed by atoms with E-state index in [1.54, 1.807) is 6.92 Å². The van der Waals surface area contributed by atoms with Crippen molar-refractivity contribution in [3.63, 3.8) is 0 Å². The summed E-state index contributed by atoms with van der Waals surface area (Å²) >= 11 is 0. The third-order valence-electron chi connectivity index (χ3n) is 3.23. The number of hydrogen-bond acceptors (Lipinski definition) is 2. The normalized spacial score (nSPS) is 10.6. The summed E-state index contributed by atoms with van der Waals surface area (Å²) in [5, 5.41) is 0. The fraction of sp³-hybridized carbons (Fsp3) is 0.875. The van der Waals surface area contributed by atoms with E-state index in [4.69, 9.17) is 4.74 Å². The van der Waals surface area contributed by atoms with Gasteiger partial charge in [0.2, 0.25) is 0 Å². The van der Waals surface area contributed by atoms with Crippen LogP contribution in [0.4, 0.5) is 0 Å². The third-order valence-corrected chi connectivity index (χ3v) is 3.23. The maximum atomic E-state index is 10.8. The molecule has 0 aliphatic rings. The van der Waals surface area contributed by atoms with E-state index in [0.29, 0.717) is 6.61 Å². The Bertz CT molecular complexity index is 178. The second-order valence-electron chi connectivity index (χ2n) is 4.99. The maximum Gasteiger partial charge on any atom is 0.309 e. The van der Waals surface area contributed by atoms with Gasteiger partial charge in [-0.2, -0.15) is 0 Å². The number of hydrogen-bond donors (Lipinski definition) is 0. The first kappa shape index (κ1) is 17.5. The van der Waals surface area contributed by atoms with E-state index in [-0.39, 0.29) is 5.97 Å². The molecule has 18 heavy (non-hydrogen) atoms. The van der Waals surface area contributed by atoms with Gasteiger partial charge in [-0.25, -0.2) is 0 Å². The molecule has 0 aliphatic carbocycles. The molecule has 0 aromatic rings. The Labute approximate surface area is 113 Å². The Morgan fingerprint density at radius 1 is 0.833 bits per heavy atom. The van der Waals surface area contributed by atoms with Crippen molar-refractivity contribution in [3.05, 3.63) is 6.42 Å². The van der Waals surface area contributed by atoms with Crippen molar-refractivity contribution in [3.8, 4) is 0 Å². The van der Waals surface area contributed by atoms with E-state index >= 15 is 0 Å². The molecule has 0 saturated carbocycles. The van der Waals surface area contributed by atoms with Crippen molar-refractivity contribution in [2.45, 2.75) is 84.5 Å². The van der Waals surface area contributed by atoms with Gasteiger partial charge in [-0.1, -0.05) is 78.1 Å². The highest BCUT2D eigenvalue weighted by Gasteiger charge is 1.97. The first-order valence-corrected chi connectivity index (χ1v) is 7.77. The fourth-order valence-electron chi connectivity index (χ4n) is 2.02. The van der Waals surface area contributed by atoms with Crippen LogP contribution in [0, 0.1) is 6.42 Å². The van der Waals surface area contributed by atoms with E-state index in [1.807, 2.05) is 0 Å². The topological polar surface area (TPSA) is 26.3 Å². The molecule has 0 heterocycles. The van der Waals surface area contributed by atoms with Crippen molar-refractivity contribution in [2.75, 3.05) is 6.61 Å². The van der Waals surface area contributed by atoms with Gasteiger partial charge < -0.3 is 4.74 Å². The van der Waals surface area contributed by atoms with Crippen molar-refractivity contribution in [1.82, 2.24) is 0 Å². The lowest BCUT2D eigenvalue weighted by atomic mass is 10.1. The lowest BCUT2D eigenvalue weighted by Crippen LogP contribution is -2.04. The standard InChI is InChI=1S/C16H31O2/c1-3-5-6-7-8-9-10-11-12-13-14-15-18-16(17)4-2/h4H,3,5-15H2,1-2H3. The third kappa shape index (κ3) is 13.5. The van der Waals surface area contributed by atoms with Crippen molar-refractivity contribution < 1.29 is 9.53 Å². The molecule has 0 unspecified atom stereocenters. The van der Waals surface area contributed by atoms with Crippen LogP contribution in [0.3, 0.4) is 0 Å². The van der Waals surface area contributed by atoms with E-state index in [9.17, 15) is 4.79 Å². The van der Waals surface area contributed by atoms with Crippen LogP contribution >= 0.6 is 0 Å². The molecule has 1 radical (unpaired) electrons. The summed E-state index contributed by atoms with van der Waals surface area (Å²) in [6.45, 7) is 4.55. The van der Waals surface area contributed by atoms with Crippen LogP contribution < -0.4 is 0 Å². The molecule has 0 amide bonds. The summed E-state index contributed by atoms with van der Waals surface area (Å²) in [5.41, 5.74) is 0. The summed E-state index contributed by atoms with van der Waals surface area (Å²) < 4.78 is 4.98. The SMILES string of the molecule is C[CH]C(=O)OCCCCCCCCCCCCC. The Morgan fingerprint density at radius 2 is 1.28 bits per heavy atom. The lowest BCUT2D eigenvalue weighted by molar-refractivity contribution is -0.139. The zero-order valence-corrected chi connectivity index (χ0v) is 12.4. The Hall–Kier alpha value is -0.530. The smallest absolute Gasteiger partial charge is 0.309 e. The quantitative estimate of drug-likeness (QED) is 0.339. The average Bonchev–Trinajstić information content (AvgIpc) is 2.39. The summed E-state index contributed by atoms with van der Waals surface area (Å²) in [6.07, 6.45) is 16.0. The van der Waals surface area contributed by atoms with Gasteiger partial charge in [0.1, 0.15) is 0 Å². The van der Waals surface area contributed by atoms with Crippen LogP contribution in [-0.2, 0) is 9.53 Å². The predicted molar refractivity (Wildman–Crippen MR) is 77.4 cm³/mol. The highest BCUT2D eigenvalue weighted by Crippen LogP contribution is 2.11. The van der Waals surface area contributed by atoms with E-state index in [2.05, 4.69) is 6.92 Å². The molecule has 0 saturated heterocycles. The number of rotatable bonds is 13. The summed E-state index contributed by atoms with van der Waals surface area (Å²) in [7, 11) is 0. The van der Waals surface area contributed by atoms with Gasteiger partial charge in [-0.15, -0.1) is 0 Å². The summed E-state index contributed by atoms with van der Waals surface area (Å²) in [6, 6.07) is 0. The second-order valence-corrected chi connectivity index (χ2v) is 4.99. The minimum absolute atomic E-state index is 0.193. The molecule has 0 bridgehead atoms. The molecule has 2 heteroatoms.